The molecule has 2 fully saturated rings. The van der Waals surface area contributed by atoms with Crippen LogP contribution in [0.3, 0.4) is 0 Å². The Bertz CT molecular complexity index is 582. The molecule has 0 radical (unpaired) electrons. The van der Waals surface area contributed by atoms with E-state index in [4.69, 9.17) is 4.52 Å². The smallest absolute Gasteiger partial charge is 0.243 e. The van der Waals surface area contributed by atoms with Gasteiger partial charge in [-0.2, -0.15) is 4.98 Å². The Morgan fingerprint density at radius 2 is 2.00 bits per heavy atom. The average Bonchev–Trinajstić information content (AvgIpc) is 3.21. The zero-order chi connectivity index (χ0) is 18.0. The number of nitrogens with zero attached hydrogens (tertiary/aromatic N) is 5. The highest BCUT2D eigenvalue weighted by Gasteiger charge is 2.38. The van der Waals surface area contributed by atoms with E-state index < -0.39 is 0 Å². The molecule has 2 saturated heterocycles. The molecule has 3 heterocycles. The molecule has 1 amide bonds. The lowest BCUT2D eigenvalue weighted by molar-refractivity contribution is -0.130. The molecule has 25 heavy (non-hydrogen) atoms. The van der Waals surface area contributed by atoms with Gasteiger partial charge in [0, 0.05) is 58.7 Å². The van der Waals surface area contributed by atoms with Gasteiger partial charge < -0.3 is 9.42 Å². The first kappa shape index (κ1) is 18.3. The summed E-state index contributed by atoms with van der Waals surface area (Å²) in [7, 11) is 0. The molecule has 2 aliphatic heterocycles. The van der Waals surface area contributed by atoms with Crippen molar-refractivity contribution in [1.82, 2.24) is 24.8 Å². The van der Waals surface area contributed by atoms with Crippen molar-refractivity contribution in [3.05, 3.63) is 11.7 Å². The minimum Gasteiger partial charge on any atom is -0.340 e. The molecule has 0 unspecified atom stereocenters. The van der Waals surface area contributed by atoms with E-state index in [2.05, 4.69) is 40.7 Å². The van der Waals surface area contributed by atoms with E-state index in [1.54, 1.807) is 6.92 Å². The Balaban J connectivity index is 1.58. The number of rotatable bonds is 5. The Labute approximate surface area is 150 Å². The van der Waals surface area contributed by atoms with Gasteiger partial charge in [-0.15, -0.1) is 0 Å². The number of likely N-dealkylation sites (tertiary alicyclic amines) is 1. The minimum atomic E-state index is 0.157. The molecule has 0 aliphatic carbocycles. The number of aromatic nitrogens is 2. The molecule has 2 aliphatic rings. The second kappa shape index (κ2) is 7.83. The molecule has 7 nitrogen and oxygen atoms in total. The van der Waals surface area contributed by atoms with Gasteiger partial charge in [0.15, 0.2) is 5.82 Å². The van der Waals surface area contributed by atoms with Gasteiger partial charge >= 0.3 is 0 Å². The summed E-state index contributed by atoms with van der Waals surface area (Å²) in [6.45, 7) is 14.0. The second-order valence-corrected chi connectivity index (χ2v) is 7.52. The van der Waals surface area contributed by atoms with Gasteiger partial charge in [-0.3, -0.25) is 14.6 Å². The lowest BCUT2D eigenvalue weighted by atomic mass is 10.0. The number of carbonyl (C=O) groups is 1. The van der Waals surface area contributed by atoms with E-state index in [-0.39, 0.29) is 11.9 Å². The summed E-state index contributed by atoms with van der Waals surface area (Å²) in [5.74, 6) is 2.34. The van der Waals surface area contributed by atoms with E-state index in [1.165, 1.54) is 0 Å². The second-order valence-electron chi connectivity index (χ2n) is 7.52. The van der Waals surface area contributed by atoms with Gasteiger partial charge in [0.25, 0.3) is 0 Å². The zero-order valence-electron chi connectivity index (χ0n) is 15.9. The highest BCUT2D eigenvalue weighted by atomic mass is 16.5. The predicted molar refractivity (Wildman–Crippen MR) is 95.1 cm³/mol. The van der Waals surface area contributed by atoms with Crippen LogP contribution in [-0.2, 0) is 11.2 Å². The Kier molecular flexibility index (Phi) is 5.74. The van der Waals surface area contributed by atoms with Crippen LogP contribution in [-0.4, -0.2) is 76.1 Å². The van der Waals surface area contributed by atoms with Crippen molar-refractivity contribution >= 4 is 5.91 Å². The maximum Gasteiger partial charge on any atom is 0.243 e. The van der Waals surface area contributed by atoms with Gasteiger partial charge in [-0.1, -0.05) is 19.0 Å². The van der Waals surface area contributed by atoms with Crippen LogP contribution in [0, 0.1) is 5.92 Å². The van der Waals surface area contributed by atoms with Crippen LogP contribution >= 0.6 is 0 Å². The lowest BCUT2D eigenvalue weighted by Gasteiger charge is -2.39. The lowest BCUT2D eigenvalue weighted by Crippen LogP contribution is -2.53. The van der Waals surface area contributed by atoms with Crippen molar-refractivity contribution in [3.63, 3.8) is 0 Å². The first-order chi connectivity index (χ1) is 12.0. The zero-order valence-corrected chi connectivity index (χ0v) is 15.9. The van der Waals surface area contributed by atoms with Crippen LogP contribution in [0.5, 0.6) is 0 Å². The summed E-state index contributed by atoms with van der Waals surface area (Å²) in [5.41, 5.74) is 0. The number of carbonyl (C=O) groups excluding carboxylic acids is 1. The van der Waals surface area contributed by atoms with Crippen LogP contribution in [0.25, 0.3) is 0 Å². The van der Waals surface area contributed by atoms with Gasteiger partial charge in [0.1, 0.15) is 0 Å². The third-order valence-corrected chi connectivity index (χ3v) is 5.69. The number of amides is 1. The van der Waals surface area contributed by atoms with Crippen molar-refractivity contribution in [2.24, 2.45) is 5.92 Å². The van der Waals surface area contributed by atoms with Gasteiger partial charge in [0.2, 0.25) is 11.8 Å². The summed E-state index contributed by atoms with van der Waals surface area (Å²) in [6, 6.07) is 0.693. The fraction of sp³-hybridized carbons (Fsp3) is 0.833. The predicted octanol–water partition coefficient (Wildman–Crippen LogP) is 1.57. The van der Waals surface area contributed by atoms with Crippen LogP contribution in [0.4, 0.5) is 0 Å². The molecule has 0 spiro atoms. The maximum atomic E-state index is 11.5. The fourth-order valence-corrected chi connectivity index (χ4v) is 4.06. The summed E-state index contributed by atoms with van der Waals surface area (Å²) in [4.78, 5) is 23.0. The molecule has 1 aromatic rings. The highest BCUT2D eigenvalue weighted by molar-refractivity contribution is 5.73. The van der Waals surface area contributed by atoms with Gasteiger partial charge in [-0.25, -0.2) is 0 Å². The average molecular weight is 349 g/mol. The Morgan fingerprint density at radius 1 is 1.28 bits per heavy atom. The molecule has 3 rings (SSSR count). The van der Waals surface area contributed by atoms with E-state index >= 15 is 0 Å². The third kappa shape index (κ3) is 4.03. The molecule has 0 bridgehead atoms. The van der Waals surface area contributed by atoms with Crippen molar-refractivity contribution in [2.75, 3.05) is 39.3 Å². The first-order valence-corrected chi connectivity index (χ1v) is 9.55. The summed E-state index contributed by atoms with van der Waals surface area (Å²) in [5, 5.41) is 4.09. The standard InChI is InChI=1S/C18H31N5O2/c1-5-6-17-19-18(25-20-17)14(3)23-11-13(2)16(12-23)22-9-7-21(8-10-22)15(4)24/h13-14,16H,5-12H2,1-4H3/t13-,14+,16+/m1/s1. The topological polar surface area (TPSA) is 65.7 Å². The third-order valence-electron chi connectivity index (χ3n) is 5.69. The molecule has 1 aromatic heterocycles. The van der Waals surface area contributed by atoms with Crippen molar-refractivity contribution in [2.45, 2.75) is 52.6 Å². The largest absolute Gasteiger partial charge is 0.340 e. The van der Waals surface area contributed by atoms with Crippen LogP contribution in [0.2, 0.25) is 0 Å². The number of aryl methyl sites for hydroxylation is 1. The number of hydrogen-bond acceptors (Lipinski definition) is 6. The van der Waals surface area contributed by atoms with E-state index in [9.17, 15) is 4.79 Å². The van der Waals surface area contributed by atoms with E-state index in [0.717, 1.165) is 63.8 Å². The SMILES string of the molecule is CCCc1noc([C@H](C)N2C[C@@H](C)[C@@H](N3CCN(C(C)=O)CC3)C2)n1. The van der Waals surface area contributed by atoms with Crippen molar-refractivity contribution < 1.29 is 9.32 Å². The molecule has 0 N–H and O–H groups in total. The first-order valence-electron chi connectivity index (χ1n) is 9.55. The summed E-state index contributed by atoms with van der Waals surface area (Å²) in [6.07, 6.45) is 1.90. The fourth-order valence-electron chi connectivity index (χ4n) is 4.06. The maximum absolute atomic E-state index is 11.5. The monoisotopic (exact) mass is 349 g/mol. The molecule has 140 valence electrons. The Morgan fingerprint density at radius 3 is 2.64 bits per heavy atom. The minimum absolute atomic E-state index is 0.157. The van der Waals surface area contributed by atoms with Gasteiger partial charge in [-0.05, 0) is 19.3 Å². The molecule has 3 atom stereocenters. The number of piperazine rings is 1. The van der Waals surface area contributed by atoms with Gasteiger partial charge in [0.05, 0.1) is 6.04 Å². The van der Waals surface area contributed by atoms with E-state index in [0.29, 0.717) is 12.0 Å². The summed E-state index contributed by atoms with van der Waals surface area (Å²) >= 11 is 0. The molecular formula is C18H31N5O2. The van der Waals surface area contributed by atoms with E-state index in [1.807, 2.05) is 4.90 Å². The van der Waals surface area contributed by atoms with Crippen LogP contribution < -0.4 is 0 Å². The van der Waals surface area contributed by atoms with Crippen molar-refractivity contribution in [3.8, 4) is 0 Å². The molecular weight excluding hydrogens is 318 g/mol. The van der Waals surface area contributed by atoms with Crippen LogP contribution in [0.1, 0.15) is 51.9 Å². The normalized spacial score (nSPS) is 27.0. The van der Waals surface area contributed by atoms with Crippen molar-refractivity contribution in [1.29, 1.82) is 0 Å². The van der Waals surface area contributed by atoms with Crippen LogP contribution in [0.15, 0.2) is 4.52 Å². The highest BCUT2D eigenvalue weighted by Crippen LogP contribution is 2.29. The number of hydrogen-bond donors (Lipinski definition) is 0. The molecule has 0 saturated carbocycles. The molecule has 7 heteroatoms. The molecule has 0 aromatic carbocycles. The quantitative estimate of drug-likeness (QED) is 0.804. The summed E-state index contributed by atoms with van der Waals surface area (Å²) < 4.78 is 5.49. The Hall–Kier alpha value is -1.47.